The van der Waals surface area contributed by atoms with Gasteiger partial charge in [-0.05, 0) is 24.3 Å². The van der Waals surface area contributed by atoms with Crippen LogP contribution in [0.3, 0.4) is 0 Å². The molecule has 0 saturated carbocycles. The Hall–Kier alpha value is -0.540. The Bertz CT molecular complexity index is 297. The maximum atomic E-state index is 6.05. The number of rotatable bonds is 7. The van der Waals surface area contributed by atoms with Crippen LogP contribution in [0, 0.1) is 5.41 Å². The van der Waals surface area contributed by atoms with Gasteiger partial charge in [-0.3, -0.25) is 4.68 Å². The monoisotopic (exact) mass is 243 g/mol. The van der Waals surface area contributed by atoms with E-state index in [1.165, 1.54) is 0 Å². The SMILES string of the molecule is CCC(CC)(CCl)CNCc1ccn(C)n1. The van der Waals surface area contributed by atoms with Crippen LogP contribution in [-0.2, 0) is 13.6 Å². The minimum Gasteiger partial charge on any atom is -0.311 e. The van der Waals surface area contributed by atoms with Gasteiger partial charge < -0.3 is 5.32 Å². The molecule has 0 aliphatic heterocycles. The van der Waals surface area contributed by atoms with E-state index in [9.17, 15) is 0 Å². The Morgan fingerprint density at radius 2 is 2.12 bits per heavy atom. The molecule has 0 aliphatic carbocycles. The van der Waals surface area contributed by atoms with E-state index >= 15 is 0 Å². The van der Waals surface area contributed by atoms with Crippen LogP contribution in [0.15, 0.2) is 12.3 Å². The predicted molar refractivity (Wildman–Crippen MR) is 68.6 cm³/mol. The number of hydrogen-bond acceptors (Lipinski definition) is 2. The van der Waals surface area contributed by atoms with Crippen molar-refractivity contribution < 1.29 is 0 Å². The highest BCUT2D eigenvalue weighted by Gasteiger charge is 2.24. The lowest BCUT2D eigenvalue weighted by molar-refractivity contribution is 0.285. The maximum Gasteiger partial charge on any atom is 0.0762 e. The molecule has 3 nitrogen and oxygen atoms in total. The van der Waals surface area contributed by atoms with Gasteiger partial charge in [-0.2, -0.15) is 5.10 Å². The molecule has 0 radical (unpaired) electrons. The van der Waals surface area contributed by atoms with Crippen molar-refractivity contribution in [1.82, 2.24) is 15.1 Å². The first-order chi connectivity index (χ1) is 7.65. The van der Waals surface area contributed by atoms with Crippen LogP contribution in [0.1, 0.15) is 32.4 Å². The number of aryl methyl sites for hydroxylation is 1. The fraction of sp³-hybridized carbons (Fsp3) is 0.750. The molecule has 0 aliphatic rings. The molecule has 0 fully saturated rings. The molecule has 1 rings (SSSR count). The Morgan fingerprint density at radius 3 is 2.56 bits per heavy atom. The first-order valence-electron chi connectivity index (χ1n) is 5.91. The topological polar surface area (TPSA) is 29.9 Å². The highest BCUT2D eigenvalue weighted by molar-refractivity contribution is 6.18. The zero-order valence-electron chi connectivity index (χ0n) is 10.5. The molecule has 92 valence electrons. The van der Waals surface area contributed by atoms with Gasteiger partial charge in [0.25, 0.3) is 0 Å². The van der Waals surface area contributed by atoms with Crippen molar-refractivity contribution >= 4 is 11.6 Å². The predicted octanol–water partition coefficient (Wildman–Crippen LogP) is 2.55. The molecular weight excluding hydrogens is 222 g/mol. The fourth-order valence-corrected chi connectivity index (χ4v) is 2.22. The molecule has 4 heteroatoms. The number of hydrogen-bond donors (Lipinski definition) is 1. The van der Waals surface area contributed by atoms with Crippen molar-refractivity contribution in [2.24, 2.45) is 12.5 Å². The quantitative estimate of drug-likeness (QED) is 0.746. The summed E-state index contributed by atoms with van der Waals surface area (Å²) >= 11 is 6.05. The van der Waals surface area contributed by atoms with E-state index in [2.05, 4.69) is 24.3 Å². The summed E-state index contributed by atoms with van der Waals surface area (Å²) in [7, 11) is 1.94. The van der Waals surface area contributed by atoms with E-state index in [0.717, 1.165) is 37.5 Å². The third kappa shape index (κ3) is 3.49. The Kier molecular flexibility index (Phi) is 5.29. The van der Waals surface area contributed by atoms with E-state index in [1.807, 2.05) is 24.0 Å². The number of nitrogens with zero attached hydrogens (tertiary/aromatic N) is 2. The summed E-state index contributed by atoms with van der Waals surface area (Å²) in [6.45, 7) is 6.18. The van der Waals surface area contributed by atoms with Crippen LogP contribution >= 0.6 is 11.6 Å². The van der Waals surface area contributed by atoms with Gasteiger partial charge in [0.05, 0.1) is 5.69 Å². The molecule has 0 unspecified atom stereocenters. The summed E-state index contributed by atoms with van der Waals surface area (Å²) in [4.78, 5) is 0. The van der Waals surface area contributed by atoms with E-state index in [4.69, 9.17) is 11.6 Å². The summed E-state index contributed by atoms with van der Waals surface area (Å²) < 4.78 is 1.82. The molecule has 0 bridgehead atoms. The van der Waals surface area contributed by atoms with Gasteiger partial charge in [-0.25, -0.2) is 0 Å². The van der Waals surface area contributed by atoms with Crippen molar-refractivity contribution in [3.63, 3.8) is 0 Å². The van der Waals surface area contributed by atoms with Crippen molar-refractivity contribution in [1.29, 1.82) is 0 Å². The van der Waals surface area contributed by atoms with Crippen LogP contribution in [0.4, 0.5) is 0 Å². The largest absolute Gasteiger partial charge is 0.311 e. The summed E-state index contributed by atoms with van der Waals surface area (Å²) in [5, 5.41) is 7.78. The molecule has 16 heavy (non-hydrogen) atoms. The van der Waals surface area contributed by atoms with E-state index in [0.29, 0.717) is 0 Å². The molecule has 0 atom stereocenters. The molecule has 0 amide bonds. The molecule has 0 aromatic carbocycles. The van der Waals surface area contributed by atoms with Gasteiger partial charge in [-0.15, -0.1) is 11.6 Å². The molecule has 1 N–H and O–H groups in total. The molecule has 0 spiro atoms. The Morgan fingerprint density at radius 1 is 1.44 bits per heavy atom. The molecular formula is C12H22ClN3. The zero-order chi connectivity index (χ0) is 12.0. The van der Waals surface area contributed by atoms with Gasteiger partial charge >= 0.3 is 0 Å². The van der Waals surface area contributed by atoms with Crippen molar-refractivity contribution in [3.8, 4) is 0 Å². The summed E-state index contributed by atoms with van der Waals surface area (Å²) in [5.41, 5.74) is 1.31. The second kappa shape index (κ2) is 6.26. The lowest BCUT2D eigenvalue weighted by atomic mass is 9.84. The number of nitrogens with one attached hydrogen (secondary N) is 1. The van der Waals surface area contributed by atoms with Gasteiger partial charge in [-0.1, -0.05) is 13.8 Å². The lowest BCUT2D eigenvalue weighted by Gasteiger charge is -2.29. The smallest absolute Gasteiger partial charge is 0.0762 e. The average Bonchev–Trinajstić information content (AvgIpc) is 2.71. The molecule has 1 aromatic rings. The Balaban J connectivity index is 2.39. The highest BCUT2D eigenvalue weighted by atomic mass is 35.5. The highest BCUT2D eigenvalue weighted by Crippen LogP contribution is 2.26. The average molecular weight is 244 g/mol. The number of alkyl halides is 1. The minimum atomic E-state index is 0.232. The van der Waals surface area contributed by atoms with Crippen LogP contribution in [-0.4, -0.2) is 22.2 Å². The summed E-state index contributed by atoms with van der Waals surface area (Å²) in [6, 6.07) is 2.03. The lowest BCUT2D eigenvalue weighted by Crippen LogP contribution is -2.34. The maximum absolute atomic E-state index is 6.05. The molecule has 1 aromatic heterocycles. The molecule has 1 heterocycles. The van der Waals surface area contributed by atoms with Gasteiger partial charge in [0.1, 0.15) is 0 Å². The van der Waals surface area contributed by atoms with Crippen LogP contribution in [0.25, 0.3) is 0 Å². The standard InChI is InChI=1S/C12H22ClN3/c1-4-12(5-2,9-13)10-14-8-11-6-7-16(3)15-11/h6-7,14H,4-5,8-10H2,1-3H3. The first kappa shape index (κ1) is 13.5. The second-order valence-electron chi connectivity index (χ2n) is 4.43. The third-order valence-corrected chi connectivity index (χ3v) is 3.93. The van der Waals surface area contributed by atoms with Crippen LogP contribution in [0.5, 0.6) is 0 Å². The summed E-state index contributed by atoms with van der Waals surface area (Å²) in [5.74, 6) is 0.717. The number of aromatic nitrogens is 2. The minimum absolute atomic E-state index is 0.232. The van der Waals surface area contributed by atoms with Gasteiger partial charge in [0, 0.05) is 32.2 Å². The van der Waals surface area contributed by atoms with E-state index in [-0.39, 0.29) is 5.41 Å². The fourth-order valence-electron chi connectivity index (χ4n) is 1.75. The van der Waals surface area contributed by atoms with E-state index < -0.39 is 0 Å². The third-order valence-electron chi connectivity index (χ3n) is 3.36. The number of halogens is 1. The van der Waals surface area contributed by atoms with Crippen molar-refractivity contribution in [2.75, 3.05) is 12.4 Å². The summed E-state index contributed by atoms with van der Waals surface area (Å²) in [6.07, 6.45) is 4.19. The second-order valence-corrected chi connectivity index (χ2v) is 4.69. The van der Waals surface area contributed by atoms with Crippen molar-refractivity contribution in [2.45, 2.75) is 33.2 Å². The van der Waals surface area contributed by atoms with E-state index in [1.54, 1.807) is 0 Å². The molecule has 0 saturated heterocycles. The zero-order valence-corrected chi connectivity index (χ0v) is 11.2. The Labute approximate surface area is 103 Å². The van der Waals surface area contributed by atoms with Crippen LogP contribution in [0.2, 0.25) is 0 Å². The first-order valence-corrected chi connectivity index (χ1v) is 6.44. The normalized spacial score (nSPS) is 12.0. The van der Waals surface area contributed by atoms with Crippen LogP contribution < -0.4 is 5.32 Å². The van der Waals surface area contributed by atoms with Gasteiger partial charge in [0.2, 0.25) is 0 Å². The van der Waals surface area contributed by atoms with Gasteiger partial charge in [0.15, 0.2) is 0 Å². The van der Waals surface area contributed by atoms with Crippen molar-refractivity contribution in [3.05, 3.63) is 18.0 Å².